The van der Waals surface area contributed by atoms with Gasteiger partial charge in [0, 0.05) is 13.2 Å². The maximum atomic E-state index is 12.0. The van der Waals surface area contributed by atoms with Crippen molar-refractivity contribution in [1.82, 2.24) is 0 Å². The van der Waals surface area contributed by atoms with Crippen LogP contribution < -0.4 is 10.5 Å². The molecule has 0 radical (unpaired) electrons. The Kier molecular flexibility index (Phi) is 4.92. The first-order valence-corrected chi connectivity index (χ1v) is 6.76. The van der Waals surface area contributed by atoms with Crippen LogP contribution in [0.3, 0.4) is 0 Å². The minimum Gasteiger partial charge on any atom is -0.497 e. The SMILES string of the molecule is COCC(N)CS(=O)(=O)c1cccc(OC)c1. The van der Waals surface area contributed by atoms with Gasteiger partial charge in [-0.3, -0.25) is 0 Å². The fourth-order valence-electron chi connectivity index (χ4n) is 1.43. The molecular weight excluding hydrogens is 242 g/mol. The topological polar surface area (TPSA) is 78.6 Å². The van der Waals surface area contributed by atoms with E-state index in [9.17, 15) is 8.42 Å². The second-order valence-corrected chi connectivity index (χ2v) is 5.71. The molecule has 1 atom stereocenters. The molecule has 1 aromatic rings. The van der Waals surface area contributed by atoms with E-state index in [1.54, 1.807) is 12.1 Å². The third-order valence-electron chi connectivity index (χ3n) is 2.21. The normalized spacial score (nSPS) is 13.4. The third-order valence-corrected chi connectivity index (χ3v) is 4.05. The quantitative estimate of drug-likeness (QED) is 0.802. The highest BCUT2D eigenvalue weighted by atomic mass is 32.2. The summed E-state index contributed by atoms with van der Waals surface area (Å²) in [5, 5.41) is 0. The molecule has 96 valence electrons. The van der Waals surface area contributed by atoms with Crippen LogP contribution in [0.25, 0.3) is 0 Å². The molecule has 0 bridgehead atoms. The maximum absolute atomic E-state index is 12.0. The van der Waals surface area contributed by atoms with Crippen molar-refractivity contribution in [3.8, 4) is 5.75 Å². The summed E-state index contributed by atoms with van der Waals surface area (Å²) in [5.74, 6) is 0.361. The fourth-order valence-corrected chi connectivity index (χ4v) is 2.87. The van der Waals surface area contributed by atoms with Crippen LogP contribution >= 0.6 is 0 Å². The Morgan fingerprint density at radius 1 is 1.35 bits per heavy atom. The third kappa shape index (κ3) is 3.99. The van der Waals surface area contributed by atoms with E-state index in [2.05, 4.69) is 0 Å². The van der Waals surface area contributed by atoms with Crippen LogP contribution in [0.1, 0.15) is 0 Å². The van der Waals surface area contributed by atoms with Gasteiger partial charge in [-0.2, -0.15) is 0 Å². The second-order valence-electron chi connectivity index (χ2n) is 3.68. The minimum atomic E-state index is -3.40. The molecule has 1 aromatic carbocycles. The van der Waals surface area contributed by atoms with E-state index < -0.39 is 15.9 Å². The van der Waals surface area contributed by atoms with Crippen molar-refractivity contribution >= 4 is 9.84 Å². The lowest BCUT2D eigenvalue weighted by Crippen LogP contribution is -2.33. The predicted molar refractivity (Wildman–Crippen MR) is 64.9 cm³/mol. The van der Waals surface area contributed by atoms with E-state index in [-0.39, 0.29) is 17.3 Å². The predicted octanol–water partition coefficient (Wildman–Crippen LogP) is 0.443. The van der Waals surface area contributed by atoms with Gasteiger partial charge in [0.25, 0.3) is 0 Å². The molecule has 0 heterocycles. The first-order valence-electron chi connectivity index (χ1n) is 5.11. The zero-order chi connectivity index (χ0) is 12.9. The van der Waals surface area contributed by atoms with Crippen LogP contribution in [-0.4, -0.2) is 41.0 Å². The molecule has 0 amide bonds. The first kappa shape index (κ1) is 14.0. The Bertz CT molecular complexity index is 458. The molecule has 1 unspecified atom stereocenters. The van der Waals surface area contributed by atoms with Gasteiger partial charge < -0.3 is 15.2 Å². The largest absolute Gasteiger partial charge is 0.497 e. The lowest BCUT2D eigenvalue weighted by molar-refractivity contribution is 0.186. The summed E-state index contributed by atoms with van der Waals surface area (Å²) in [6.07, 6.45) is 0. The lowest BCUT2D eigenvalue weighted by Gasteiger charge is -2.11. The molecule has 2 N–H and O–H groups in total. The molecule has 0 spiro atoms. The lowest BCUT2D eigenvalue weighted by atomic mass is 10.3. The van der Waals surface area contributed by atoms with E-state index in [0.717, 1.165) is 0 Å². The highest BCUT2D eigenvalue weighted by molar-refractivity contribution is 7.91. The van der Waals surface area contributed by atoms with Crippen LogP contribution in [0.5, 0.6) is 5.75 Å². The Hall–Kier alpha value is -1.11. The smallest absolute Gasteiger partial charge is 0.180 e. The maximum Gasteiger partial charge on any atom is 0.180 e. The van der Waals surface area contributed by atoms with Gasteiger partial charge in [0.15, 0.2) is 9.84 Å². The standard InChI is InChI=1S/C11H17NO4S/c1-15-7-9(12)8-17(13,14)11-5-3-4-10(6-11)16-2/h3-6,9H,7-8,12H2,1-2H3. The summed E-state index contributed by atoms with van der Waals surface area (Å²) in [6.45, 7) is 0.212. The molecule has 5 nitrogen and oxygen atoms in total. The molecule has 0 fully saturated rings. The van der Waals surface area contributed by atoms with Crippen LogP contribution in [0, 0.1) is 0 Å². The van der Waals surface area contributed by atoms with Crippen LogP contribution in [0.4, 0.5) is 0 Å². The van der Waals surface area contributed by atoms with Gasteiger partial charge in [-0.05, 0) is 18.2 Å². The van der Waals surface area contributed by atoms with Crippen molar-refractivity contribution in [2.75, 3.05) is 26.6 Å². The molecule has 6 heteroatoms. The van der Waals surface area contributed by atoms with Gasteiger partial charge in [-0.15, -0.1) is 0 Å². The molecule has 0 saturated heterocycles. The van der Waals surface area contributed by atoms with E-state index in [1.165, 1.54) is 26.4 Å². The molecule has 0 aliphatic heterocycles. The van der Waals surface area contributed by atoms with Gasteiger partial charge >= 0.3 is 0 Å². The van der Waals surface area contributed by atoms with Gasteiger partial charge in [-0.1, -0.05) is 6.07 Å². The average Bonchev–Trinajstić information content (AvgIpc) is 2.28. The first-order chi connectivity index (χ1) is 7.99. The molecule has 1 rings (SSSR count). The molecule has 0 aliphatic rings. The summed E-state index contributed by atoms with van der Waals surface area (Å²) in [5.41, 5.74) is 5.64. The molecule has 0 aromatic heterocycles. The number of benzene rings is 1. The summed E-state index contributed by atoms with van der Waals surface area (Å²) >= 11 is 0. The average molecular weight is 259 g/mol. The second kappa shape index (κ2) is 6.00. The fraction of sp³-hybridized carbons (Fsp3) is 0.455. The van der Waals surface area contributed by atoms with E-state index in [4.69, 9.17) is 15.2 Å². The Balaban J connectivity index is 2.89. The van der Waals surface area contributed by atoms with Gasteiger partial charge in [0.2, 0.25) is 0 Å². The van der Waals surface area contributed by atoms with Crippen molar-refractivity contribution in [1.29, 1.82) is 0 Å². The molecule has 0 saturated carbocycles. The van der Waals surface area contributed by atoms with Crippen LogP contribution in [-0.2, 0) is 14.6 Å². The highest BCUT2D eigenvalue weighted by Gasteiger charge is 2.19. The van der Waals surface area contributed by atoms with E-state index in [0.29, 0.717) is 5.75 Å². The summed E-state index contributed by atoms with van der Waals surface area (Å²) in [4.78, 5) is 0.211. The number of hydrogen-bond donors (Lipinski definition) is 1. The number of rotatable bonds is 6. The van der Waals surface area contributed by atoms with Gasteiger partial charge in [-0.25, -0.2) is 8.42 Å². The number of sulfone groups is 1. The Morgan fingerprint density at radius 2 is 2.06 bits per heavy atom. The van der Waals surface area contributed by atoms with Crippen molar-refractivity contribution < 1.29 is 17.9 Å². The minimum absolute atomic E-state index is 0.145. The molecule has 17 heavy (non-hydrogen) atoms. The molecule has 0 aliphatic carbocycles. The van der Waals surface area contributed by atoms with Gasteiger partial charge in [0.1, 0.15) is 5.75 Å². The summed E-state index contributed by atoms with van der Waals surface area (Å²) < 4.78 is 33.8. The number of methoxy groups -OCH3 is 2. The van der Waals surface area contributed by atoms with Crippen LogP contribution in [0.15, 0.2) is 29.2 Å². The van der Waals surface area contributed by atoms with E-state index >= 15 is 0 Å². The van der Waals surface area contributed by atoms with Crippen molar-refractivity contribution in [3.05, 3.63) is 24.3 Å². The van der Waals surface area contributed by atoms with Crippen molar-refractivity contribution in [2.24, 2.45) is 5.73 Å². The van der Waals surface area contributed by atoms with Crippen molar-refractivity contribution in [2.45, 2.75) is 10.9 Å². The number of ether oxygens (including phenoxy) is 2. The summed E-state index contributed by atoms with van der Waals surface area (Å²) in [6, 6.07) is 5.80. The Labute approximate surface area is 101 Å². The Morgan fingerprint density at radius 3 is 2.65 bits per heavy atom. The highest BCUT2D eigenvalue weighted by Crippen LogP contribution is 2.18. The van der Waals surface area contributed by atoms with Crippen molar-refractivity contribution in [3.63, 3.8) is 0 Å². The number of hydrogen-bond acceptors (Lipinski definition) is 5. The van der Waals surface area contributed by atoms with Gasteiger partial charge in [0.05, 0.1) is 24.4 Å². The zero-order valence-corrected chi connectivity index (χ0v) is 10.7. The number of nitrogens with two attached hydrogens (primary N) is 1. The van der Waals surface area contributed by atoms with E-state index in [1.807, 2.05) is 0 Å². The van der Waals surface area contributed by atoms with Crippen LogP contribution in [0.2, 0.25) is 0 Å². The summed E-state index contributed by atoms with van der Waals surface area (Å²) in [7, 11) is -0.427. The zero-order valence-electron chi connectivity index (χ0n) is 9.92. The molecular formula is C11H17NO4S. The monoisotopic (exact) mass is 259 g/mol.